The standard InChI is InChI=1S/C30H22N2O2P2S2/c37-35(29-19-9-3-13-23(29)21-11-1-7-17-27(21)33-35)31-25-15-5-6-16-26(25)32-36(38)30-20-10-4-14-24(30)22-12-2-8-18-28(22)34-36/h1-20H,(H,31,37)(H,32,38). The van der Waals surface area contributed by atoms with Gasteiger partial charge < -0.3 is 33.5 Å². The van der Waals surface area contributed by atoms with E-state index in [-0.39, 0.29) is 0 Å². The van der Waals surface area contributed by atoms with Crippen molar-refractivity contribution in [2.75, 3.05) is 10.2 Å². The highest BCUT2D eigenvalue weighted by molar-refractivity contribution is 8.44. The molecule has 2 N–H and O–H groups in total. The van der Waals surface area contributed by atoms with E-state index in [2.05, 4.69) is 46.6 Å². The second-order valence-electron chi connectivity index (χ2n) is 9.08. The summed E-state index contributed by atoms with van der Waals surface area (Å²) in [5.41, 5.74) is 5.97. The van der Waals surface area contributed by atoms with Gasteiger partial charge in [0.2, 0.25) is 0 Å². The van der Waals surface area contributed by atoms with Crippen molar-refractivity contribution in [2.45, 2.75) is 0 Å². The van der Waals surface area contributed by atoms with Crippen LogP contribution in [0.4, 0.5) is 11.4 Å². The number of rotatable bonds is 4. The molecule has 0 saturated heterocycles. The minimum absolute atomic E-state index is 0.792. The molecule has 0 aliphatic carbocycles. The van der Waals surface area contributed by atoms with Gasteiger partial charge >= 0.3 is 0 Å². The Balaban J connectivity index is 1.28. The Bertz CT molecular complexity index is 1580. The van der Waals surface area contributed by atoms with E-state index in [1.54, 1.807) is 0 Å². The molecular weight excluding hydrogens is 546 g/mol. The Morgan fingerprint density at radius 1 is 0.421 bits per heavy atom. The van der Waals surface area contributed by atoms with Crippen LogP contribution >= 0.6 is 13.7 Å². The van der Waals surface area contributed by atoms with Crippen LogP contribution in [0.3, 0.4) is 0 Å². The lowest BCUT2D eigenvalue weighted by molar-refractivity contribution is 0.620. The van der Waals surface area contributed by atoms with Gasteiger partial charge in [0.1, 0.15) is 10.6 Å². The fourth-order valence-electron chi connectivity index (χ4n) is 4.99. The van der Waals surface area contributed by atoms with Gasteiger partial charge in [-0.15, -0.1) is 0 Å². The first-order valence-corrected chi connectivity index (χ1v) is 17.6. The van der Waals surface area contributed by atoms with E-state index in [1.165, 1.54) is 0 Å². The van der Waals surface area contributed by atoms with Crippen molar-refractivity contribution in [3.8, 4) is 33.8 Å². The molecule has 2 unspecified atom stereocenters. The van der Waals surface area contributed by atoms with Gasteiger partial charge in [-0.25, -0.2) is 10.2 Å². The zero-order chi connectivity index (χ0) is 25.7. The summed E-state index contributed by atoms with van der Waals surface area (Å²) in [5.74, 6) is 1.58. The second-order valence-corrected chi connectivity index (χ2v) is 16.1. The average Bonchev–Trinajstić information content (AvgIpc) is 2.94. The Kier molecular flexibility index (Phi) is 5.83. The van der Waals surface area contributed by atoms with E-state index in [0.29, 0.717) is 0 Å². The Morgan fingerprint density at radius 2 is 0.763 bits per heavy atom. The van der Waals surface area contributed by atoms with Gasteiger partial charge in [0.25, 0.3) is 0 Å². The fraction of sp³-hybridized carbons (Fsp3) is 0. The largest absolute Gasteiger partial charge is 0.485 e. The molecule has 0 saturated carbocycles. The second kappa shape index (κ2) is 9.25. The predicted octanol–water partition coefficient (Wildman–Crippen LogP) is 7.90. The number of fused-ring (bicyclic) bond motifs is 6. The maximum absolute atomic E-state index is 6.56. The lowest BCUT2D eigenvalue weighted by Gasteiger charge is -2.39. The Hall–Kier alpha value is -3.14. The lowest BCUT2D eigenvalue weighted by atomic mass is 10.0. The number of benzene rings is 5. The summed E-state index contributed by atoms with van der Waals surface area (Å²) in [6.07, 6.45) is 0. The normalized spacial score (nSPS) is 20.5. The van der Waals surface area contributed by atoms with E-state index < -0.39 is 13.7 Å². The number of hydrogen-bond donors (Lipinski definition) is 2. The van der Waals surface area contributed by atoms with E-state index in [1.807, 2.05) is 84.9 Å². The summed E-state index contributed by atoms with van der Waals surface area (Å²) in [6.45, 7) is -5.40. The van der Waals surface area contributed by atoms with Gasteiger partial charge in [0, 0.05) is 22.3 Å². The number of nitrogens with one attached hydrogen (secondary N) is 2. The van der Waals surface area contributed by atoms with E-state index in [9.17, 15) is 0 Å². The summed E-state index contributed by atoms with van der Waals surface area (Å²) in [6, 6.07) is 40.5. The number of hydrogen-bond acceptors (Lipinski definition) is 6. The van der Waals surface area contributed by atoms with Gasteiger partial charge in [-0.2, -0.15) is 0 Å². The van der Waals surface area contributed by atoms with Crippen LogP contribution in [-0.4, -0.2) is 0 Å². The van der Waals surface area contributed by atoms with Crippen molar-refractivity contribution >= 4 is 60.2 Å². The van der Waals surface area contributed by atoms with Crippen molar-refractivity contribution in [2.24, 2.45) is 0 Å². The molecule has 2 aliphatic heterocycles. The lowest BCUT2D eigenvalue weighted by Crippen LogP contribution is -2.28. The van der Waals surface area contributed by atoms with Crippen molar-refractivity contribution in [3.05, 3.63) is 121 Å². The minimum atomic E-state index is -2.70. The SMILES string of the molecule is [S-][P+]1(Nc2ccccc2N[P+]2([S-])Oc3ccccc3-c3ccccc32)Oc2ccccc2-c2ccccc21. The average molecular weight is 569 g/mol. The molecule has 186 valence electrons. The molecule has 7 rings (SSSR count). The number of para-hydroxylation sites is 4. The zero-order valence-electron chi connectivity index (χ0n) is 20.1. The summed E-state index contributed by atoms with van der Waals surface area (Å²) in [5, 5.41) is 9.26. The van der Waals surface area contributed by atoms with Gasteiger partial charge in [-0.05, 0) is 36.4 Å². The first-order chi connectivity index (χ1) is 18.5. The van der Waals surface area contributed by atoms with Crippen molar-refractivity contribution in [3.63, 3.8) is 0 Å². The van der Waals surface area contributed by atoms with Crippen LogP contribution in [0.15, 0.2) is 121 Å². The van der Waals surface area contributed by atoms with E-state index in [0.717, 1.165) is 55.7 Å². The molecule has 8 heteroatoms. The highest BCUT2D eigenvalue weighted by atomic mass is 32.7. The topological polar surface area (TPSA) is 42.5 Å². The van der Waals surface area contributed by atoms with Gasteiger partial charge in [-0.1, -0.05) is 84.9 Å². The third-order valence-electron chi connectivity index (χ3n) is 6.71. The van der Waals surface area contributed by atoms with Crippen LogP contribution in [-0.2, 0) is 24.5 Å². The molecule has 0 radical (unpaired) electrons. The van der Waals surface area contributed by atoms with Crippen molar-refractivity contribution in [1.29, 1.82) is 0 Å². The Morgan fingerprint density at radius 3 is 1.21 bits per heavy atom. The quantitative estimate of drug-likeness (QED) is 0.170. The van der Waals surface area contributed by atoms with Crippen LogP contribution in [0.5, 0.6) is 11.5 Å². The summed E-state index contributed by atoms with van der Waals surface area (Å²) < 4.78 is 13.1. The number of anilines is 2. The highest BCUT2D eigenvalue weighted by Gasteiger charge is 2.42. The minimum Gasteiger partial charge on any atom is -0.485 e. The highest BCUT2D eigenvalue weighted by Crippen LogP contribution is 2.65. The van der Waals surface area contributed by atoms with Crippen molar-refractivity contribution < 1.29 is 9.05 Å². The van der Waals surface area contributed by atoms with E-state index >= 15 is 0 Å². The van der Waals surface area contributed by atoms with Crippen molar-refractivity contribution in [1.82, 2.24) is 0 Å². The van der Waals surface area contributed by atoms with Crippen LogP contribution in [0.25, 0.3) is 22.3 Å². The molecule has 2 heterocycles. The van der Waals surface area contributed by atoms with Crippen LogP contribution in [0.2, 0.25) is 0 Å². The van der Waals surface area contributed by atoms with Crippen LogP contribution in [0.1, 0.15) is 0 Å². The maximum Gasteiger partial charge on any atom is 0.195 e. The molecule has 5 aromatic carbocycles. The molecule has 2 atom stereocenters. The molecule has 38 heavy (non-hydrogen) atoms. The molecule has 2 aliphatic rings. The Labute approximate surface area is 233 Å². The van der Waals surface area contributed by atoms with Gasteiger partial charge in [0.05, 0.1) is 11.4 Å². The first-order valence-electron chi connectivity index (χ1n) is 12.2. The van der Waals surface area contributed by atoms with E-state index in [4.69, 9.17) is 33.5 Å². The zero-order valence-corrected chi connectivity index (χ0v) is 23.5. The molecular formula is C30H22N2O2P2S2. The first kappa shape index (κ1) is 23.9. The fourth-order valence-corrected chi connectivity index (χ4v) is 11.0. The monoisotopic (exact) mass is 568 g/mol. The molecule has 0 aromatic heterocycles. The molecule has 5 aromatic rings. The molecule has 4 nitrogen and oxygen atoms in total. The van der Waals surface area contributed by atoms with Gasteiger partial charge in [-0.3, -0.25) is 0 Å². The van der Waals surface area contributed by atoms with Gasteiger partial charge in [0.15, 0.2) is 25.2 Å². The summed E-state index contributed by atoms with van der Waals surface area (Å²) in [4.78, 5) is 0. The maximum atomic E-state index is 6.56. The summed E-state index contributed by atoms with van der Waals surface area (Å²) >= 11 is 12.6. The van der Waals surface area contributed by atoms with Crippen LogP contribution in [0, 0.1) is 0 Å². The predicted molar refractivity (Wildman–Crippen MR) is 167 cm³/mol. The smallest absolute Gasteiger partial charge is 0.195 e. The van der Waals surface area contributed by atoms with Crippen LogP contribution < -0.4 is 29.8 Å². The molecule has 0 amide bonds. The summed E-state index contributed by atoms with van der Waals surface area (Å²) in [7, 11) is 0. The molecule has 0 fully saturated rings. The third kappa shape index (κ3) is 3.95. The molecule has 0 bridgehead atoms. The third-order valence-corrected chi connectivity index (χ3v) is 12.9. The molecule has 0 spiro atoms.